The molecule has 0 fully saturated rings. The van der Waals surface area contributed by atoms with E-state index in [4.69, 9.17) is 0 Å². The minimum atomic E-state index is -3.99. The van der Waals surface area contributed by atoms with Crippen LogP contribution in [0, 0.1) is 34.6 Å². The molecule has 0 atom stereocenters. The highest BCUT2D eigenvalue weighted by molar-refractivity contribution is 7.92. The van der Waals surface area contributed by atoms with Crippen LogP contribution in [-0.4, -0.2) is 31.7 Å². The second-order valence-electron chi connectivity index (χ2n) is 9.46. The molecule has 0 radical (unpaired) electrons. The molecule has 0 aliphatic heterocycles. The lowest BCUT2D eigenvalue weighted by Gasteiger charge is -2.24. The van der Waals surface area contributed by atoms with Gasteiger partial charge in [-0.05, 0) is 88.2 Å². The number of sulfonamides is 1. The van der Waals surface area contributed by atoms with Crippen LogP contribution in [0.25, 0.3) is 5.69 Å². The number of rotatable bonds is 8. The zero-order chi connectivity index (χ0) is 27.4. The van der Waals surface area contributed by atoms with E-state index in [9.17, 15) is 13.2 Å². The molecule has 1 aromatic heterocycles. The summed E-state index contributed by atoms with van der Waals surface area (Å²) in [5.74, 6) is -0.550. The van der Waals surface area contributed by atoms with Crippen LogP contribution in [0.1, 0.15) is 33.6 Å². The summed E-state index contributed by atoms with van der Waals surface area (Å²) in [4.78, 5) is 13.0. The second-order valence-corrected chi connectivity index (χ2v) is 11.3. The number of benzene rings is 3. The minimum Gasteiger partial charge on any atom is -0.318 e. The van der Waals surface area contributed by atoms with Gasteiger partial charge in [-0.1, -0.05) is 42.0 Å². The van der Waals surface area contributed by atoms with E-state index >= 15 is 0 Å². The molecule has 0 saturated heterocycles. The largest absolute Gasteiger partial charge is 0.318 e. The Kier molecular flexibility index (Phi) is 7.83. The fraction of sp³-hybridized carbons (Fsp3) is 0.200. The van der Waals surface area contributed by atoms with E-state index in [-0.39, 0.29) is 4.90 Å². The monoisotopic (exact) mass is 528 g/mol. The van der Waals surface area contributed by atoms with Crippen LogP contribution in [0.3, 0.4) is 0 Å². The Morgan fingerprint density at radius 1 is 0.868 bits per heavy atom. The quantitative estimate of drug-likeness (QED) is 0.247. The number of nitrogens with one attached hydrogen (secondary N) is 1. The van der Waals surface area contributed by atoms with Crippen molar-refractivity contribution in [2.24, 2.45) is 5.10 Å². The lowest BCUT2D eigenvalue weighted by molar-refractivity contribution is -0.119. The van der Waals surface area contributed by atoms with Crippen LogP contribution in [0.15, 0.2) is 88.9 Å². The molecule has 1 heterocycles. The molecule has 0 saturated carbocycles. The van der Waals surface area contributed by atoms with Gasteiger partial charge in [0.1, 0.15) is 6.54 Å². The highest BCUT2D eigenvalue weighted by atomic mass is 32.2. The van der Waals surface area contributed by atoms with Gasteiger partial charge in [-0.15, -0.1) is 0 Å². The van der Waals surface area contributed by atoms with E-state index < -0.39 is 22.5 Å². The van der Waals surface area contributed by atoms with E-state index in [0.717, 1.165) is 43.6 Å². The molecule has 1 amide bonds. The third-order valence-corrected chi connectivity index (χ3v) is 8.10. The van der Waals surface area contributed by atoms with Gasteiger partial charge < -0.3 is 4.57 Å². The van der Waals surface area contributed by atoms with Crippen molar-refractivity contribution in [1.82, 2.24) is 9.99 Å². The Labute approximate surface area is 224 Å². The van der Waals surface area contributed by atoms with E-state index in [1.54, 1.807) is 48.7 Å². The maximum atomic E-state index is 13.5. The fourth-order valence-corrected chi connectivity index (χ4v) is 5.77. The summed E-state index contributed by atoms with van der Waals surface area (Å²) >= 11 is 0. The number of hydrazone groups is 1. The molecule has 196 valence electrons. The summed E-state index contributed by atoms with van der Waals surface area (Å²) < 4.78 is 30.3. The first-order valence-corrected chi connectivity index (χ1v) is 13.7. The molecular weight excluding hydrogens is 496 g/mol. The predicted molar refractivity (Wildman–Crippen MR) is 153 cm³/mol. The molecule has 7 nitrogen and oxygen atoms in total. The number of hydrogen-bond acceptors (Lipinski definition) is 4. The Hall–Kier alpha value is -4.17. The van der Waals surface area contributed by atoms with E-state index in [2.05, 4.69) is 34.2 Å². The molecule has 38 heavy (non-hydrogen) atoms. The first-order valence-electron chi connectivity index (χ1n) is 12.3. The Morgan fingerprint density at radius 2 is 1.53 bits per heavy atom. The zero-order valence-corrected chi connectivity index (χ0v) is 23.1. The van der Waals surface area contributed by atoms with Crippen molar-refractivity contribution in [1.29, 1.82) is 0 Å². The second kappa shape index (κ2) is 11.1. The molecule has 4 rings (SSSR count). The summed E-state index contributed by atoms with van der Waals surface area (Å²) in [6.07, 6.45) is 1.58. The highest BCUT2D eigenvalue weighted by Crippen LogP contribution is 2.25. The maximum Gasteiger partial charge on any atom is 0.264 e. The minimum absolute atomic E-state index is 0.115. The fourth-order valence-electron chi connectivity index (χ4n) is 4.36. The van der Waals surface area contributed by atoms with E-state index in [1.165, 1.54) is 0 Å². The molecule has 4 aromatic rings. The molecule has 0 spiro atoms. The van der Waals surface area contributed by atoms with Gasteiger partial charge in [-0.3, -0.25) is 9.10 Å². The van der Waals surface area contributed by atoms with Gasteiger partial charge in [0, 0.05) is 22.6 Å². The van der Waals surface area contributed by atoms with Crippen molar-refractivity contribution in [2.75, 3.05) is 10.8 Å². The summed E-state index contributed by atoms with van der Waals surface area (Å²) in [5.41, 5.74) is 9.83. The summed E-state index contributed by atoms with van der Waals surface area (Å²) in [7, 11) is -3.99. The SMILES string of the molecule is Cc1ccc(S(=O)(=O)N(CC(=O)N/N=C/c2cc(C)n(-c3cccc(C)c3)c2C)c2cccc(C)c2)cc1. The third kappa shape index (κ3) is 5.86. The van der Waals surface area contributed by atoms with Gasteiger partial charge in [0.2, 0.25) is 0 Å². The summed E-state index contributed by atoms with van der Waals surface area (Å²) in [6, 6.07) is 23.8. The van der Waals surface area contributed by atoms with Crippen LogP contribution in [-0.2, 0) is 14.8 Å². The maximum absolute atomic E-state index is 13.5. The number of amides is 1. The number of anilines is 1. The first kappa shape index (κ1) is 26.9. The molecule has 1 N–H and O–H groups in total. The number of hydrogen-bond donors (Lipinski definition) is 1. The van der Waals surface area contributed by atoms with Crippen molar-refractivity contribution in [3.63, 3.8) is 0 Å². The van der Waals surface area contributed by atoms with E-state index in [0.29, 0.717) is 5.69 Å². The number of aryl methyl sites for hydroxylation is 4. The molecule has 0 aliphatic carbocycles. The smallest absolute Gasteiger partial charge is 0.264 e. The molecule has 8 heteroatoms. The summed E-state index contributed by atoms with van der Waals surface area (Å²) in [5, 5.41) is 4.14. The van der Waals surface area contributed by atoms with Crippen molar-refractivity contribution in [3.8, 4) is 5.69 Å². The lowest BCUT2D eigenvalue weighted by atomic mass is 10.2. The third-order valence-electron chi connectivity index (χ3n) is 6.31. The predicted octanol–water partition coefficient (Wildman–Crippen LogP) is 5.37. The van der Waals surface area contributed by atoms with Crippen molar-refractivity contribution in [2.45, 2.75) is 39.5 Å². The van der Waals surface area contributed by atoms with Gasteiger partial charge >= 0.3 is 0 Å². The highest BCUT2D eigenvalue weighted by Gasteiger charge is 2.27. The standard InChI is InChI=1S/C30H32N4O3S/c1-21-12-14-29(15-13-21)38(36,37)33(27-10-6-8-22(2)16-27)20-30(35)32-31-19-26-18-24(4)34(25(26)5)28-11-7-9-23(3)17-28/h6-19H,20H2,1-5H3,(H,32,35)/b31-19+. The Morgan fingerprint density at radius 3 is 2.18 bits per heavy atom. The van der Waals surface area contributed by atoms with Gasteiger partial charge in [0.05, 0.1) is 16.8 Å². The zero-order valence-electron chi connectivity index (χ0n) is 22.3. The number of carbonyl (C=O) groups is 1. The summed E-state index contributed by atoms with van der Waals surface area (Å²) in [6.45, 7) is 9.40. The number of carbonyl (C=O) groups excluding carboxylic acids is 1. The lowest BCUT2D eigenvalue weighted by Crippen LogP contribution is -2.39. The topological polar surface area (TPSA) is 83.8 Å². The molecule has 0 bridgehead atoms. The molecule has 0 aliphatic rings. The first-order chi connectivity index (χ1) is 18.1. The molecule has 3 aromatic carbocycles. The van der Waals surface area contributed by atoms with Crippen molar-refractivity contribution < 1.29 is 13.2 Å². The van der Waals surface area contributed by atoms with E-state index in [1.807, 2.05) is 52.0 Å². The van der Waals surface area contributed by atoms with Crippen LogP contribution in [0.4, 0.5) is 5.69 Å². The number of nitrogens with zero attached hydrogens (tertiary/aromatic N) is 3. The van der Waals surface area contributed by atoms with Gasteiger partial charge in [0.25, 0.3) is 15.9 Å². The van der Waals surface area contributed by atoms with Crippen molar-refractivity contribution >= 4 is 27.8 Å². The average molecular weight is 529 g/mol. The van der Waals surface area contributed by atoms with Gasteiger partial charge in [-0.25, -0.2) is 13.8 Å². The van der Waals surface area contributed by atoms with Crippen LogP contribution in [0.5, 0.6) is 0 Å². The molecular formula is C30H32N4O3S. The van der Waals surface area contributed by atoms with Gasteiger partial charge in [-0.2, -0.15) is 5.10 Å². The van der Waals surface area contributed by atoms with Crippen LogP contribution in [0.2, 0.25) is 0 Å². The molecule has 0 unspecified atom stereocenters. The van der Waals surface area contributed by atoms with Crippen molar-refractivity contribution in [3.05, 3.63) is 113 Å². The average Bonchev–Trinajstić information content (AvgIpc) is 3.15. The Balaban J connectivity index is 1.56. The van der Waals surface area contributed by atoms with Crippen LogP contribution >= 0.6 is 0 Å². The van der Waals surface area contributed by atoms with Crippen LogP contribution < -0.4 is 9.73 Å². The van der Waals surface area contributed by atoms with Gasteiger partial charge in [0.15, 0.2) is 0 Å². The number of aromatic nitrogens is 1. The normalized spacial score (nSPS) is 11.6. The Bertz CT molecular complexity index is 1600.